The number of aromatic nitrogens is 1. The molecule has 0 spiro atoms. The molecule has 1 saturated heterocycles. The van der Waals surface area contributed by atoms with Crippen molar-refractivity contribution in [3.63, 3.8) is 0 Å². The Balaban J connectivity index is 0.00000300. The molecule has 0 saturated carbocycles. The second-order valence-electron chi connectivity index (χ2n) is 6.69. The van der Waals surface area contributed by atoms with Gasteiger partial charge in [-0.25, -0.2) is 4.98 Å². The summed E-state index contributed by atoms with van der Waals surface area (Å²) in [5.74, 6) is 2.71. The number of rotatable bonds is 6. The van der Waals surface area contributed by atoms with Crippen molar-refractivity contribution in [3.8, 4) is 11.5 Å². The van der Waals surface area contributed by atoms with Gasteiger partial charge in [-0.1, -0.05) is 0 Å². The average Bonchev–Trinajstić information content (AvgIpc) is 3.14. The minimum absolute atomic E-state index is 0. The molecule has 2 aromatic rings. The maximum atomic E-state index is 5.51. The topological polar surface area (TPSA) is 62.2 Å². The number of methoxy groups -OCH3 is 2. The molecule has 1 N–H and O–H groups in total. The van der Waals surface area contributed by atoms with Crippen molar-refractivity contribution in [3.05, 3.63) is 39.8 Å². The predicted molar refractivity (Wildman–Crippen MR) is 129 cm³/mol. The molecule has 0 atom stereocenters. The third kappa shape index (κ3) is 6.45. The van der Waals surface area contributed by atoms with Crippen molar-refractivity contribution in [1.29, 1.82) is 0 Å². The molecule has 160 valence electrons. The smallest absolute Gasteiger partial charge is 0.194 e. The van der Waals surface area contributed by atoms with Gasteiger partial charge in [0.1, 0.15) is 11.5 Å². The number of nitrogens with one attached hydrogen (secondary N) is 1. The summed E-state index contributed by atoms with van der Waals surface area (Å²) < 4.78 is 10.9. The minimum atomic E-state index is 0. The third-order valence-electron chi connectivity index (χ3n) is 4.86. The fourth-order valence-corrected chi connectivity index (χ4v) is 4.08. The van der Waals surface area contributed by atoms with E-state index in [-0.39, 0.29) is 24.0 Å². The van der Waals surface area contributed by atoms with E-state index in [1.165, 1.54) is 4.88 Å². The van der Waals surface area contributed by atoms with E-state index in [4.69, 9.17) is 9.47 Å². The number of halogens is 1. The van der Waals surface area contributed by atoms with Crippen LogP contribution in [0.1, 0.15) is 15.4 Å². The van der Waals surface area contributed by atoms with Crippen LogP contribution in [0.15, 0.2) is 29.4 Å². The summed E-state index contributed by atoms with van der Waals surface area (Å²) >= 11 is 1.72. The number of aryl methyl sites for hydroxylation is 1. The van der Waals surface area contributed by atoms with Crippen LogP contribution >= 0.6 is 35.3 Å². The fourth-order valence-electron chi connectivity index (χ4n) is 3.35. The van der Waals surface area contributed by atoms with Gasteiger partial charge in [-0.2, -0.15) is 0 Å². The standard InChI is InChI=1S/C20H29N5O2S.HI/c1-15-22-12-18(28-15)13-23-20(21-2)25-9-7-24(8-10-25)14-16-11-17(26-3)5-6-19(16)27-4;/h5-6,11-12H,7-10,13-14H2,1-4H3,(H,21,23);1H. The van der Waals surface area contributed by atoms with Gasteiger partial charge >= 0.3 is 0 Å². The second-order valence-corrected chi connectivity index (χ2v) is 8.01. The normalized spacial score (nSPS) is 15.0. The lowest BCUT2D eigenvalue weighted by Crippen LogP contribution is -2.52. The van der Waals surface area contributed by atoms with Crippen LogP contribution in [-0.4, -0.2) is 68.2 Å². The highest BCUT2D eigenvalue weighted by molar-refractivity contribution is 14.0. The lowest BCUT2D eigenvalue weighted by Gasteiger charge is -2.36. The molecule has 1 aromatic carbocycles. The number of benzene rings is 1. The molecule has 1 aliphatic rings. The molecule has 7 nitrogen and oxygen atoms in total. The first kappa shape index (κ1) is 23.7. The van der Waals surface area contributed by atoms with Crippen LogP contribution in [0.25, 0.3) is 0 Å². The molecule has 9 heteroatoms. The lowest BCUT2D eigenvalue weighted by atomic mass is 10.1. The summed E-state index contributed by atoms with van der Waals surface area (Å²) in [6.07, 6.45) is 1.93. The molecule has 29 heavy (non-hydrogen) atoms. The van der Waals surface area contributed by atoms with E-state index in [1.54, 1.807) is 25.6 Å². The average molecular weight is 531 g/mol. The van der Waals surface area contributed by atoms with E-state index in [2.05, 4.69) is 31.2 Å². The van der Waals surface area contributed by atoms with Crippen molar-refractivity contribution >= 4 is 41.3 Å². The highest BCUT2D eigenvalue weighted by Gasteiger charge is 2.21. The Hall–Kier alpha value is -1.59. The number of aliphatic imine (C=N–C) groups is 1. The van der Waals surface area contributed by atoms with Crippen LogP contribution in [0.5, 0.6) is 11.5 Å². The summed E-state index contributed by atoms with van der Waals surface area (Å²) in [5, 5.41) is 4.55. The summed E-state index contributed by atoms with van der Waals surface area (Å²) in [4.78, 5) is 14.7. The van der Waals surface area contributed by atoms with Gasteiger partial charge in [-0.3, -0.25) is 9.89 Å². The first-order chi connectivity index (χ1) is 13.6. The van der Waals surface area contributed by atoms with Gasteiger partial charge in [-0.15, -0.1) is 35.3 Å². The number of ether oxygens (including phenoxy) is 2. The van der Waals surface area contributed by atoms with Gasteiger partial charge in [0.15, 0.2) is 5.96 Å². The monoisotopic (exact) mass is 531 g/mol. The Labute approximate surface area is 194 Å². The van der Waals surface area contributed by atoms with Crippen LogP contribution in [-0.2, 0) is 13.1 Å². The summed E-state index contributed by atoms with van der Waals surface area (Å²) in [7, 11) is 5.24. The summed E-state index contributed by atoms with van der Waals surface area (Å²) in [6, 6.07) is 5.96. The molecule has 3 rings (SSSR count). The zero-order valence-corrected chi connectivity index (χ0v) is 20.6. The van der Waals surface area contributed by atoms with Crippen LogP contribution in [0.3, 0.4) is 0 Å². The van der Waals surface area contributed by atoms with E-state index in [9.17, 15) is 0 Å². The Bertz CT molecular complexity index is 806. The SMILES string of the molecule is CN=C(NCc1cnc(C)s1)N1CCN(Cc2cc(OC)ccc2OC)CC1.I. The number of piperazine rings is 1. The molecule has 0 aliphatic carbocycles. The van der Waals surface area contributed by atoms with E-state index in [0.29, 0.717) is 0 Å². The summed E-state index contributed by atoms with van der Waals surface area (Å²) in [6.45, 7) is 7.46. The van der Waals surface area contributed by atoms with Crippen LogP contribution in [0, 0.1) is 6.92 Å². The van der Waals surface area contributed by atoms with Crippen molar-refractivity contribution in [2.75, 3.05) is 47.4 Å². The van der Waals surface area contributed by atoms with Gasteiger partial charge in [-0.05, 0) is 25.1 Å². The number of nitrogens with zero attached hydrogens (tertiary/aromatic N) is 4. The van der Waals surface area contributed by atoms with Gasteiger partial charge in [0.2, 0.25) is 0 Å². The van der Waals surface area contributed by atoms with Crippen molar-refractivity contribution in [2.45, 2.75) is 20.0 Å². The Morgan fingerprint density at radius 2 is 1.97 bits per heavy atom. The van der Waals surface area contributed by atoms with Gasteiger partial charge in [0.25, 0.3) is 0 Å². The number of thiazole rings is 1. The lowest BCUT2D eigenvalue weighted by molar-refractivity contribution is 0.171. The van der Waals surface area contributed by atoms with Crippen LogP contribution < -0.4 is 14.8 Å². The zero-order valence-electron chi connectivity index (χ0n) is 17.5. The zero-order chi connectivity index (χ0) is 19.9. The van der Waals surface area contributed by atoms with Gasteiger partial charge in [0, 0.05) is 56.4 Å². The molecular formula is C20H30IN5O2S. The number of hydrogen-bond donors (Lipinski definition) is 1. The number of guanidine groups is 1. The van der Waals surface area contributed by atoms with Gasteiger partial charge < -0.3 is 19.7 Å². The van der Waals surface area contributed by atoms with Crippen molar-refractivity contribution < 1.29 is 9.47 Å². The molecule has 2 heterocycles. The third-order valence-corrected chi connectivity index (χ3v) is 5.77. The van der Waals surface area contributed by atoms with Gasteiger partial charge in [0.05, 0.1) is 25.8 Å². The number of hydrogen-bond acceptors (Lipinski definition) is 6. The highest BCUT2D eigenvalue weighted by Crippen LogP contribution is 2.25. The van der Waals surface area contributed by atoms with E-state index in [0.717, 1.165) is 67.3 Å². The van der Waals surface area contributed by atoms with E-state index >= 15 is 0 Å². The first-order valence-corrected chi connectivity index (χ1v) is 10.2. The first-order valence-electron chi connectivity index (χ1n) is 9.43. The Morgan fingerprint density at radius 3 is 2.55 bits per heavy atom. The van der Waals surface area contributed by atoms with Crippen LogP contribution in [0.2, 0.25) is 0 Å². The fraction of sp³-hybridized carbons (Fsp3) is 0.500. The molecule has 0 radical (unpaired) electrons. The second kappa shape index (κ2) is 11.6. The quantitative estimate of drug-likeness (QED) is 0.352. The van der Waals surface area contributed by atoms with Crippen molar-refractivity contribution in [1.82, 2.24) is 20.1 Å². The molecule has 0 amide bonds. The maximum absolute atomic E-state index is 5.51. The molecular weight excluding hydrogens is 501 g/mol. The molecule has 0 bridgehead atoms. The van der Waals surface area contributed by atoms with E-state index in [1.807, 2.05) is 32.3 Å². The molecule has 1 aliphatic heterocycles. The largest absolute Gasteiger partial charge is 0.497 e. The molecule has 1 aromatic heterocycles. The summed E-state index contributed by atoms with van der Waals surface area (Å²) in [5.41, 5.74) is 1.15. The van der Waals surface area contributed by atoms with Crippen molar-refractivity contribution in [2.24, 2.45) is 4.99 Å². The van der Waals surface area contributed by atoms with E-state index < -0.39 is 0 Å². The Morgan fingerprint density at radius 1 is 1.21 bits per heavy atom. The molecule has 1 fully saturated rings. The molecule has 0 unspecified atom stereocenters. The Kier molecular flexibility index (Phi) is 9.44. The highest BCUT2D eigenvalue weighted by atomic mass is 127. The minimum Gasteiger partial charge on any atom is -0.497 e. The van der Waals surface area contributed by atoms with Crippen LogP contribution in [0.4, 0.5) is 0 Å². The predicted octanol–water partition coefficient (Wildman–Crippen LogP) is 2.98. The maximum Gasteiger partial charge on any atom is 0.194 e.